The zero-order chi connectivity index (χ0) is 17.6. The molecule has 1 aromatic heterocycles. The molecule has 134 valence electrons. The molecule has 1 fully saturated rings. The van der Waals surface area contributed by atoms with Crippen LogP contribution < -0.4 is 5.32 Å². The first-order valence-corrected chi connectivity index (χ1v) is 8.69. The summed E-state index contributed by atoms with van der Waals surface area (Å²) in [5.74, 6) is 1.72. The molecule has 0 unspecified atom stereocenters. The van der Waals surface area contributed by atoms with Crippen LogP contribution in [0.15, 0.2) is 30.3 Å². The standard InChI is InChI=1S/C18H24N4O3/c1-2-16-20-17(22-21-16)13-8-14(15(23)9-13)10-19-18(24)25-11-12-6-4-3-5-7-12/h3-7,13-15,23H,2,8-11H2,1H3,(H,19,24)(H,20,21,22)/t13-,14+,15+/m1/s1. The largest absolute Gasteiger partial charge is 0.445 e. The fourth-order valence-corrected chi connectivity index (χ4v) is 3.17. The summed E-state index contributed by atoms with van der Waals surface area (Å²) in [6.45, 7) is 2.64. The van der Waals surface area contributed by atoms with Crippen LogP contribution in [0, 0.1) is 5.92 Å². The number of aryl methyl sites for hydroxylation is 1. The Hall–Kier alpha value is -2.41. The van der Waals surface area contributed by atoms with Crippen molar-refractivity contribution in [3.05, 3.63) is 47.5 Å². The molecule has 0 radical (unpaired) electrons. The Morgan fingerprint density at radius 3 is 2.88 bits per heavy atom. The Morgan fingerprint density at radius 1 is 1.36 bits per heavy atom. The van der Waals surface area contributed by atoms with E-state index in [4.69, 9.17) is 4.74 Å². The topological polar surface area (TPSA) is 100 Å². The van der Waals surface area contributed by atoms with Gasteiger partial charge in [0, 0.05) is 24.8 Å². The molecule has 1 aliphatic carbocycles. The van der Waals surface area contributed by atoms with Crippen LogP contribution in [0.4, 0.5) is 4.79 Å². The number of hydrogen-bond donors (Lipinski definition) is 3. The minimum Gasteiger partial charge on any atom is -0.445 e. The quantitative estimate of drug-likeness (QED) is 0.745. The predicted molar refractivity (Wildman–Crippen MR) is 91.9 cm³/mol. The number of aromatic amines is 1. The number of aromatic nitrogens is 3. The molecule has 1 aliphatic rings. The molecule has 0 aliphatic heterocycles. The number of carbonyl (C=O) groups is 1. The van der Waals surface area contributed by atoms with Crippen molar-refractivity contribution in [2.75, 3.05) is 6.54 Å². The highest BCUT2D eigenvalue weighted by Gasteiger charge is 2.35. The van der Waals surface area contributed by atoms with Crippen LogP contribution in [-0.4, -0.2) is 39.0 Å². The van der Waals surface area contributed by atoms with E-state index in [0.29, 0.717) is 13.0 Å². The molecule has 1 amide bonds. The summed E-state index contributed by atoms with van der Waals surface area (Å²) in [6.07, 6.45) is 1.24. The summed E-state index contributed by atoms with van der Waals surface area (Å²) in [4.78, 5) is 16.3. The number of alkyl carbamates (subject to hydrolysis) is 1. The Labute approximate surface area is 146 Å². The molecular formula is C18H24N4O3. The lowest BCUT2D eigenvalue weighted by Crippen LogP contribution is -2.32. The van der Waals surface area contributed by atoms with E-state index in [1.165, 1.54) is 0 Å². The minimum atomic E-state index is -0.469. The van der Waals surface area contributed by atoms with E-state index in [1.54, 1.807) is 0 Å². The van der Waals surface area contributed by atoms with Crippen LogP contribution in [0.5, 0.6) is 0 Å². The molecule has 1 aromatic carbocycles. The summed E-state index contributed by atoms with van der Waals surface area (Å²) in [5.41, 5.74) is 0.940. The first-order valence-electron chi connectivity index (χ1n) is 8.69. The van der Waals surface area contributed by atoms with E-state index in [1.807, 2.05) is 37.3 Å². The molecule has 0 spiro atoms. The minimum absolute atomic E-state index is 0.0159. The number of ether oxygens (including phenoxy) is 1. The summed E-state index contributed by atoms with van der Waals surface area (Å²) in [6, 6.07) is 9.52. The highest BCUT2D eigenvalue weighted by Crippen LogP contribution is 2.36. The Balaban J connectivity index is 1.44. The van der Waals surface area contributed by atoms with Crippen LogP contribution >= 0.6 is 0 Å². The zero-order valence-electron chi connectivity index (χ0n) is 14.3. The normalized spacial score (nSPS) is 22.7. The number of H-pyrrole nitrogens is 1. The summed E-state index contributed by atoms with van der Waals surface area (Å²) >= 11 is 0. The highest BCUT2D eigenvalue weighted by atomic mass is 16.5. The number of aliphatic hydroxyl groups is 1. The SMILES string of the molecule is CCc1nc([C@@H]2C[C@@H](CNC(=O)OCc3ccccc3)[C@@H](O)C2)n[nH]1. The smallest absolute Gasteiger partial charge is 0.407 e. The summed E-state index contributed by atoms with van der Waals surface area (Å²) in [5, 5.41) is 20.1. The lowest BCUT2D eigenvalue weighted by molar-refractivity contribution is 0.118. The molecule has 7 nitrogen and oxygen atoms in total. The molecule has 3 atom stereocenters. The molecule has 0 saturated heterocycles. The van der Waals surface area contributed by atoms with Crippen LogP contribution in [0.3, 0.4) is 0 Å². The number of carbonyl (C=O) groups excluding carboxylic acids is 1. The van der Waals surface area contributed by atoms with Gasteiger partial charge in [0.25, 0.3) is 0 Å². The van der Waals surface area contributed by atoms with Gasteiger partial charge in [-0.1, -0.05) is 37.3 Å². The molecule has 3 N–H and O–H groups in total. The summed E-state index contributed by atoms with van der Waals surface area (Å²) in [7, 11) is 0. The van der Waals surface area contributed by atoms with Gasteiger partial charge in [-0.3, -0.25) is 5.10 Å². The van der Waals surface area contributed by atoms with Gasteiger partial charge in [-0.15, -0.1) is 0 Å². The monoisotopic (exact) mass is 344 g/mol. The van der Waals surface area contributed by atoms with Crippen molar-refractivity contribution in [1.29, 1.82) is 0 Å². The molecule has 0 bridgehead atoms. The van der Waals surface area contributed by atoms with E-state index < -0.39 is 12.2 Å². The lowest BCUT2D eigenvalue weighted by atomic mass is 10.0. The third kappa shape index (κ3) is 4.57. The van der Waals surface area contributed by atoms with Crippen molar-refractivity contribution in [2.45, 2.75) is 44.8 Å². The second kappa shape index (κ2) is 8.11. The van der Waals surface area contributed by atoms with Gasteiger partial charge in [-0.2, -0.15) is 5.10 Å². The summed E-state index contributed by atoms with van der Waals surface area (Å²) < 4.78 is 5.19. The van der Waals surface area contributed by atoms with Crippen molar-refractivity contribution >= 4 is 6.09 Å². The van der Waals surface area contributed by atoms with Crippen molar-refractivity contribution in [3.8, 4) is 0 Å². The van der Waals surface area contributed by atoms with Crippen LogP contribution in [0.25, 0.3) is 0 Å². The second-order valence-corrected chi connectivity index (χ2v) is 6.43. The number of nitrogens with one attached hydrogen (secondary N) is 2. The molecule has 25 heavy (non-hydrogen) atoms. The number of nitrogens with zero attached hydrogens (tertiary/aromatic N) is 2. The number of aliphatic hydroxyl groups excluding tert-OH is 1. The van der Waals surface area contributed by atoms with Crippen molar-refractivity contribution in [1.82, 2.24) is 20.5 Å². The Bertz CT molecular complexity index is 689. The fourth-order valence-electron chi connectivity index (χ4n) is 3.17. The molecule has 1 saturated carbocycles. The molecule has 3 rings (SSSR count). The maximum Gasteiger partial charge on any atom is 0.407 e. The highest BCUT2D eigenvalue weighted by molar-refractivity contribution is 5.67. The molecule has 7 heteroatoms. The van der Waals surface area contributed by atoms with Gasteiger partial charge in [-0.25, -0.2) is 9.78 Å². The van der Waals surface area contributed by atoms with Gasteiger partial charge >= 0.3 is 6.09 Å². The number of amides is 1. The third-order valence-corrected chi connectivity index (χ3v) is 4.63. The van der Waals surface area contributed by atoms with Crippen LogP contribution in [0.2, 0.25) is 0 Å². The van der Waals surface area contributed by atoms with E-state index in [9.17, 15) is 9.90 Å². The van der Waals surface area contributed by atoms with Crippen molar-refractivity contribution < 1.29 is 14.6 Å². The van der Waals surface area contributed by atoms with Crippen LogP contribution in [-0.2, 0) is 17.8 Å². The second-order valence-electron chi connectivity index (χ2n) is 6.43. The average Bonchev–Trinajstić information content (AvgIpc) is 3.25. The third-order valence-electron chi connectivity index (χ3n) is 4.63. The van der Waals surface area contributed by atoms with E-state index in [-0.39, 0.29) is 18.4 Å². The predicted octanol–water partition coefficient (Wildman–Crippen LogP) is 2.15. The average molecular weight is 344 g/mol. The van der Waals surface area contributed by atoms with Crippen molar-refractivity contribution in [2.24, 2.45) is 5.92 Å². The van der Waals surface area contributed by atoms with E-state index in [0.717, 1.165) is 30.1 Å². The first kappa shape index (κ1) is 17.4. The van der Waals surface area contributed by atoms with Gasteiger partial charge in [0.05, 0.1) is 6.10 Å². The Morgan fingerprint density at radius 2 is 2.16 bits per heavy atom. The fraction of sp³-hybridized carbons (Fsp3) is 0.500. The number of rotatable bonds is 6. The van der Waals surface area contributed by atoms with Crippen molar-refractivity contribution in [3.63, 3.8) is 0 Å². The first-order chi connectivity index (χ1) is 12.2. The van der Waals surface area contributed by atoms with Gasteiger partial charge in [0.2, 0.25) is 0 Å². The molecule has 2 aromatic rings. The lowest BCUT2D eigenvalue weighted by Gasteiger charge is -2.15. The van der Waals surface area contributed by atoms with Gasteiger partial charge in [0.1, 0.15) is 12.4 Å². The van der Waals surface area contributed by atoms with Gasteiger partial charge in [-0.05, 0) is 18.4 Å². The number of benzene rings is 1. The zero-order valence-corrected chi connectivity index (χ0v) is 14.3. The molecule has 1 heterocycles. The maximum absolute atomic E-state index is 11.8. The molecular weight excluding hydrogens is 320 g/mol. The van der Waals surface area contributed by atoms with Gasteiger partial charge in [0.15, 0.2) is 5.82 Å². The van der Waals surface area contributed by atoms with Gasteiger partial charge < -0.3 is 15.2 Å². The maximum atomic E-state index is 11.8. The van der Waals surface area contributed by atoms with E-state index in [2.05, 4.69) is 20.5 Å². The Kier molecular flexibility index (Phi) is 5.65. The number of hydrogen-bond acceptors (Lipinski definition) is 5. The van der Waals surface area contributed by atoms with Crippen LogP contribution in [0.1, 0.15) is 42.9 Å². The van der Waals surface area contributed by atoms with E-state index >= 15 is 0 Å².